The fourth-order valence-corrected chi connectivity index (χ4v) is 2.66. The summed E-state index contributed by atoms with van der Waals surface area (Å²) < 4.78 is 5.31. The largest absolute Gasteiger partial charge is 0.460 e. The summed E-state index contributed by atoms with van der Waals surface area (Å²) in [7, 11) is 0. The van der Waals surface area contributed by atoms with Crippen molar-refractivity contribution in [3.63, 3.8) is 0 Å². The zero-order valence-corrected chi connectivity index (χ0v) is 13.4. The molecule has 1 amide bonds. The first-order valence-corrected chi connectivity index (χ1v) is 7.61. The molecule has 1 fully saturated rings. The fourth-order valence-electron chi connectivity index (χ4n) is 2.66. The van der Waals surface area contributed by atoms with Gasteiger partial charge in [0.25, 0.3) is 0 Å². The third-order valence-electron chi connectivity index (χ3n) is 3.57. The summed E-state index contributed by atoms with van der Waals surface area (Å²) in [5.41, 5.74) is 5.18. The fraction of sp³-hybridized carbons (Fsp3) is 0.750. The van der Waals surface area contributed by atoms with Crippen LogP contribution in [0.3, 0.4) is 0 Å². The number of carbonyl (C=O) groups excluding carboxylic acids is 2. The quantitative estimate of drug-likeness (QED) is 0.600. The second kappa shape index (κ2) is 7.59. The van der Waals surface area contributed by atoms with Gasteiger partial charge < -0.3 is 15.4 Å². The lowest BCUT2D eigenvalue weighted by Crippen LogP contribution is -2.43. The maximum Gasteiger partial charge on any atom is 0.307 e. The summed E-state index contributed by atoms with van der Waals surface area (Å²) >= 11 is 0. The lowest BCUT2D eigenvalue weighted by Gasteiger charge is -2.28. The third-order valence-corrected chi connectivity index (χ3v) is 3.57. The van der Waals surface area contributed by atoms with E-state index >= 15 is 0 Å². The van der Waals surface area contributed by atoms with Crippen LogP contribution in [0.5, 0.6) is 0 Å². The zero-order chi connectivity index (χ0) is 16.0. The van der Waals surface area contributed by atoms with Crippen molar-refractivity contribution < 1.29 is 14.3 Å². The van der Waals surface area contributed by atoms with Gasteiger partial charge in [-0.15, -0.1) is 6.58 Å². The van der Waals surface area contributed by atoms with Crippen LogP contribution in [-0.4, -0.2) is 41.5 Å². The molecule has 1 aliphatic rings. The molecule has 0 radical (unpaired) electrons. The first-order chi connectivity index (χ1) is 9.78. The standard InChI is InChI=1S/C16H28N2O3/c1-5-7-12(10-14(19)21-16(2,3)4)15(20)18-9-6-8-13(18)11-17/h5,12-13H,1,6-11,17H2,2-4H3. The summed E-state index contributed by atoms with van der Waals surface area (Å²) in [6, 6.07) is 0.100. The minimum absolute atomic E-state index is 0.00582. The molecule has 120 valence electrons. The van der Waals surface area contributed by atoms with Gasteiger partial charge in [-0.05, 0) is 40.0 Å². The van der Waals surface area contributed by atoms with Crippen molar-refractivity contribution in [2.45, 2.75) is 58.1 Å². The van der Waals surface area contributed by atoms with E-state index in [-0.39, 0.29) is 24.3 Å². The minimum Gasteiger partial charge on any atom is -0.460 e. The molecule has 0 aromatic carbocycles. The number of allylic oxidation sites excluding steroid dienone is 1. The Labute approximate surface area is 127 Å². The van der Waals surface area contributed by atoms with Crippen LogP contribution in [0.15, 0.2) is 12.7 Å². The molecule has 2 atom stereocenters. The lowest BCUT2D eigenvalue weighted by atomic mass is 9.99. The molecule has 1 aliphatic heterocycles. The van der Waals surface area contributed by atoms with Gasteiger partial charge in [-0.2, -0.15) is 0 Å². The molecule has 0 aromatic rings. The van der Waals surface area contributed by atoms with Crippen molar-refractivity contribution in [3.8, 4) is 0 Å². The Morgan fingerprint density at radius 1 is 1.48 bits per heavy atom. The molecule has 1 heterocycles. The van der Waals surface area contributed by atoms with E-state index in [1.807, 2.05) is 25.7 Å². The van der Waals surface area contributed by atoms with E-state index < -0.39 is 11.5 Å². The van der Waals surface area contributed by atoms with Crippen LogP contribution in [-0.2, 0) is 14.3 Å². The Kier molecular flexibility index (Phi) is 6.40. The smallest absolute Gasteiger partial charge is 0.307 e. The maximum absolute atomic E-state index is 12.6. The molecular weight excluding hydrogens is 268 g/mol. The van der Waals surface area contributed by atoms with Gasteiger partial charge in [0.1, 0.15) is 5.60 Å². The van der Waals surface area contributed by atoms with E-state index in [1.165, 1.54) is 0 Å². The summed E-state index contributed by atoms with van der Waals surface area (Å²) in [6.07, 6.45) is 4.17. The molecule has 1 saturated heterocycles. The molecule has 0 aromatic heterocycles. The summed E-state index contributed by atoms with van der Waals surface area (Å²) in [6.45, 7) is 10.3. The van der Waals surface area contributed by atoms with Crippen molar-refractivity contribution in [3.05, 3.63) is 12.7 Å². The SMILES string of the molecule is C=CCC(CC(=O)OC(C)(C)C)C(=O)N1CCCC1CN. The van der Waals surface area contributed by atoms with Gasteiger partial charge in [0.2, 0.25) is 5.91 Å². The molecule has 0 bridgehead atoms. The lowest BCUT2D eigenvalue weighted by molar-refractivity contribution is -0.158. The number of ether oxygens (including phenoxy) is 1. The van der Waals surface area contributed by atoms with E-state index in [0.29, 0.717) is 13.0 Å². The van der Waals surface area contributed by atoms with Crippen molar-refractivity contribution in [1.82, 2.24) is 4.90 Å². The van der Waals surface area contributed by atoms with Crippen molar-refractivity contribution >= 4 is 11.9 Å². The van der Waals surface area contributed by atoms with Crippen LogP contribution in [0.25, 0.3) is 0 Å². The molecule has 1 rings (SSSR count). The number of rotatable bonds is 6. The van der Waals surface area contributed by atoms with E-state index in [9.17, 15) is 9.59 Å². The van der Waals surface area contributed by atoms with E-state index in [0.717, 1.165) is 19.4 Å². The average Bonchev–Trinajstić information content (AvgIpc) is 2.83. The predicted molar refractivity (Wildman–Crippen MR) is 82.6 cm³/mol. The van der Waals surface area contributed by atoms with Crippen LogP contribution in [0, 0.1) is 5.92 Å². The monoisotopic (exact) mass is 296 g/mol. The Bertz CT molecular complexity index is 387. The molecule has 0 spiro atoms. The number of nitrogens with zero attached hydrogens (tertiary/aromatic N) is 1. The Morgan fingerprint density at radius 3 is 2.67 bits per heavy atom. The Hall–Kier alpha value is -1.36. The number of nitrogens with two attached hydrogens (primary N) is 1. The number of amides is 1. The summed E-state index contributed by atoms with van der Waals surface area (Å²) in [4.78, 5) is 26.4. The Morgan fingerprint density at radius 2 is 2.14 bits per heavy atom. The zero-order valence-electron chi connectivity index (χ0n) is 13.4. The Balaban J connectivity index is 2.69. The summed E-state index contributed by atoms with van der Waals surface area (Å²) in [5.74, 6) is -0.746. The highest BCUT2D eigenvalue weighted by atomic mass is 16.6. The number of hydrogen-bond acceptors (Lipinski definition) is 4. The van der Waals surface area contributed by atoms with Crippen LogP contribution >= 0.6 is 0 Å². The first-order valence-electron chi connectivity index (χ1n) is 7.61. The number of likely N-dealkylation sites (tertiary alicyclic amines) is 1. The van der Waals surface area contributed by atoms with Gasteiger partial charge in [-0.25, -0.2) is 0 Å². The second-order valence-electron chi connectivity index (χ2n) is 6.58. The van der Waals surface area contributed by atoms with E-state index in [2.05, 4.69) is 6.58 Å². The van der Waals surface area contributed by atoms with Crippen LogP contribution in [0.1, 0.15) is 46.5 Å². The van der Waals surface area contributed by atoms with Crippen LogP contribution < -0.4 is 5.73 Å². The van der Waals surface area contributed by atoms with Gasteiger partial charge in [0.15, 0.2) is 0 Å². The highest BCUT2D eigenvalue weighted by molar-refractivity contribution is 5.84. The molecule has 2 N–H and O–H groups in total. The molecule has 0 saturated carbocycles. The van der Waals surface area contributed by atoms with Gasteiger partial charge in [0.05, 0.1) is 12.3 Å². The van der Waals surface area contributed by atoms with E-state index in [1.54, 1.807) is 6.08 Å². The van der Waals surface area contributed by atoms with E-state index in [4.69, 9.17) is 10.5 Å². The predicted octanol–water partition coefficient (Wildman–Crippen LogP) is 1.86. The topological polar surface area (TPSA) is 72.6 Å². The third kappa shape index (κ3) is 5.50. The van der Waals surface area contributed by atoms with Gasteiger partial charge in [0, 0.05) is 19.1 Å². The highest BCUT2D eigenvalue weighted by Crippen LogP contribution is 2.23. The van der Waals surface area contributed by atoms with Gasteiger partial charge in [-0.3, -0.25) is 9.59 Å². The van der Waals surface area contributed by atoms with Crippen LogP contribution in [0.2, 0.25) is 0 Å². The van der Waals surface area contributed by atoms with Crippen LogP contribution in [0.4, 0.5) is 0 Å². The van der Waals surface area contributed by atoms with Crippen molar-refractivity contribution in [2.75, 3.05) is 13.1 Å². The molecule has 5 nitrogen and oxygen atoms in total. The first kappa shape index (κ1) is 17.7. The minimum atomic E-state index is -0.535. The molecular formula is C16H28N2O3. The number of carbonyl (C=O) groups is 2. The normalized spacial score (nSPS) is 20.2. The second-order valence-corrected chi connectivity index (χ2v) is 6.58. The number of esters is 1. The molecule has 2 unspecified atom stereocenters. The van der Waals surface area contributed by atoms with Gasteiger partial charge in [-0.1, -0.05) is 6.08 Å². The summed E-state index contributed by atoms with van der Waals surface area (Å²) in [5, 5.41) is 0. The number of hydrogen-bond donors (Lipinski definition) is 1. The highest BCUT2D eigenvalue weighted by Gasteiger charge is 2.33. The van der Waals surface area contributed by atoms with Crippen molar-refractivity contribution in [1.29, 1.82) is 0 Å². The molecule has 0 aliphatic carbocycles. The van der Waals surface area contributed by atoms with Crippen molar-refractivity contribution in [2.24, 2.45) is 11.7 Å². The van der Waals surface area contributed by atoms with Gasteiger partial charge >= 0.3 is 5.97 Å². The molecule has 21 heavy (non-hydrogen) atoms. The maximum atomic E-state index is 12.6. The average molecular weight is 296 g/mol. The molecule has 5 heteroatoms.